The van der Waals surface area contributed by atoms with Gasteiger partial charge in [0.25, 0.3) is 0 Å². The van der Waals surface area contributed by atoms with E-state index in [0.717, 1.165) is 29.7 Å². The average molecular weight is 292 g/mol. The van der Waals surface area contributed by atoms with Crippen molar-refractivity contribution in [1.82, 2.24) is 0 Å². The number of hydrogen-bond donors (Lipinski definition) is 3. The Morgan fingerprint density at radius 3 is 2.48 bits per heavy atom. The van der Waals surface area contributed by atoms with Gasteiger partial charge in [0.05, 0.1) is 0 Å². The zero-order valence-corrected chi connectivity index (χ0v) is 13.6. The normalized spacial score (nSPS) is 12.5. The summed E-state index contributed by atoms with van der Waals surface area (Å²) in [4.78, 5) is 12.1. The van der Waals surface area contributed by atoms with Crippen molar-refractivity contribution in [3.63, 3.8) is 0 Å². The number of nitrogens with two attached hydrogens (primary N) is 1. The van der Waals surface area contributed by atoms with Gasteiger partial charge in [0, 0.05) is 12.1 Å². The fourth-order valence-corrected chi connectivity index (χ4v) is 2.49. The second kappa shape index (κ2) is 8.03. The monoisotopic (exact) mass is 292 g/mol. The molecule has 4 heteroatoms. The van der Waals surface area contributed by atoms with Gasteiger partial charge in [0.15, 0.2) is 0 Å². The van der Waals surface area contributed by atoms with Crippen molar-refractivity contribution in [3.8, 4) is 5.75 Å². The lowest BCUT2D eigenvalue weighted by molar-refractivity contribution is -0.116. The average Bonchev–Trinajstić information content (AvgIpc) is 2.40. The van der Waals surface area contributed by atoms with Gasteiger partial charge < -0.3 is 16.2 Å². The van der Waals surface area contributed by atoms with Crippen LogP contribution in [0, 0.1) is 25.7 Å². The molecule has 0 aliphatic carbocycles. The highest BCUT2D eigenvalue weighted by atomic mass is 16.3. The smallest absolute Gasteiger partial charge is 0.224 e. The number of benzene rings is 1. The molecule has 0 aromatic heterocycles. The molecule has 21 heavy (non-hydrogen) atoms. The number of nitrogens with one attached hydrogen (secondary N) is 1. The van der Waals surface area contributed by atoms with Gasteiger partial charge in [-0.25, -0.2) is 0 Å². The molecule has 4 nitrogen and oxygen atoms in total. The second-order valence-corrected chi connectivity index (χ2v) is 6.12. The molecule has 0 spiro atoms. The number of phenols is 1. The van der Waals surface area contributed by atoms with Crippen molar-refractivity contribution in [3.05, 3.63) is 23.3 Å². The Kier molecular flexibility index (Phi) is 6.69. The van der Waals surface area contributed by atoms with E-state index in [1.165, 1.54) is 0 Å². The minimum atomic E-state index is 0.0193. The number of phenolic OH excluding ortho intramolecular Hbond substituents is 1. The van der Waals surface area contributed by atoms with Crippen molar-refractivity contribution < 1.29 is 9.90 Å². The summed E-state index contributed by atoms with van der Waals surface area (Å²) < 4.78 is 0. The first-order valence-corrected chi connectivity index (χ1v) is 7.65. The molecule has 1 atom stereocenters. The van der Waals surface area contributed by atoms with E-state index in [9.17, 15) is 9.90 Å². The molecule has 1 rings (SSSR count). The topological polar surface area (TPSA) is 75.4 Å². The summed E-state index contributed by atoms with van der Waals surface area (Å²) in [5.74, 6) is 1.31. The van der Waals surface area contributed by atoms with Gasteiger partial charge in [-0.05, 0) is 68.3 Å². The summed E-state index contributed by atoms with van der Waals surface area (Å²) in [5, 5.41) is 12.6. The van der Waals surface area contributed by atoms with Crippen LogP contribution >= 0.6 is 0 Å². The van der Waals surface area contributed by atoms with Crippen molar-refractivity contribution in [2.75, 3.05) is 11.9 Å². The summed E-state index contributed by atoms with van der Waals surface area (Å²) in [7, 11) is 0. The van der Waals surface area contributed by atoms with E-state index in [4.69, 9.17) is 5.73 Å². The van der Waals surface area contributed by atoms with Gasteiger partial charge in [-0.3, -0.25) is 4.79 Å². The number of hydrogen-bond acceptors (Lipinski definition) is 3. The Labute approximate surface area is 127 Å². The molecule has 1 unspecified atom stereocenters. The number of carbonyl (C=O) groups is 1. The minimum absolute atomic E-state index is 0.0193. The lowest BCUT2D eigenvalue weighted by Crippen LogP contribution is -2.18. The molecule has 0 aliphatic heterocycles. The number of anilines is 1. The number of carbonyl (C=O) groups excluding carboxylic acids is 1. The van der Waals surface area contributed by atoms with Gasteiger partial charge in [-0.1, -0.05) is 13.8 Å². The summed E-state index contributed by atoms with van der Waals surface area (Å²) in [6, 6.07) is 3.48. The molecule has 0 fully saturated rings. The molecule has 0 saturated carbocycles. The van der Waals surface area contributed by atoms with Gasteiger partial charge in [-0.2, -0.15) is 0 Å². The van der Waals surface area contributed by atoms with E-state index in [1.54, 1.807) is 6.07 Å². The largest absolute Gasteiger partial charge is 0.508 e. The Morgan fingerprint density at radius 1 is 1.24 bits per heavy atom. The predicted octanol–water partition coefficient (Wildman–Crippen LogP) is 3.35. The maximum atomic E-state index is 12.1. The number of amides is 1. The molecule has 1 aromatic rings. The van der Waals surface area contributed by atoms with E-state index >= 15 is 0 Å². The quantitative estimate of drug-likeness (QED) is 0.675. The van der Waals surface area contributed by atoms with Crippen molar-refractivity contribution in [2.45, 2.75) is 47.0 Å². The van der Waals surface area contributed by atoms with Crippen LogP contribution in [0.5, 0.6) is 5.75 Å². The van der Waals surface area contributed by atoms with E-state index in [2.05, 4.69) is 19.2 Å². The van der Waals surface area contributed by atoms with Crippen molar-refractivity contribution >= 4 is 11.6 Å². The van der Waals surface area contributed by atoms with Crippen LogP contribution in [0.15, 0.2) is 12.1 Å². The number of aromatic hydroxyl groups is 1. The van der Waals surface area contributed by atoms with Gasteiger partial charge in [0.1, 0.15) is 5.75 Å². The van der Waals surface area contributed by atoms with E-state index in [0.29, 0.717) is 24.8 Å². The van der Waals surface area contributed by atoms with Crippen LogP contribution in [0.4, 0.5) is 5.69 Å². The fraction of sp³-hybridized carbons (Fsp3) is 0.588. The zero-order valence-electron chi connectivity index (χ0n) is 13.6. The highest BCUT2D eigenvalue weighted by Gasteiger charge is 2.15. The predicted molar refractivity (Wildman–Crippen MR) is 87.4 cm³/mol. The van der Waals surface area contributed by atoms with Crippen molar-refractivity contribution in [2.24, 2.45) is 17.6 Å². The summed E-state index contributed by atoms with van der Waals surface area (Å²) in [6.07, 6.45) is 2.32. The number of aryl methyl sites for hydroxylation is 2. The SMILES string of the molecule is Cc1cc(NC(=O)CCC(CCN)C(C)C)c(C)cc1O. The summed E-state index contributed by atoms with van der Waals surface area (Å²) in [5.41, 5.74) is 8.03. The zero-order chi connectivity index (χ0) is 16.0. The van der Waals surface area contributed by atoms with Gasteiger partial charge in [0.2, 0.25) is 5.91 Å². The molecule has 0 bridgehead atoms. The Morgan fingerprint density at radius 2 is 1.90 bits per heavy atom. The third-order valence-corrected chi connectivity index (χ3v) is 4.04. The Hall–Kier alpha value is -1.55. The highest BCUT2D eigenvalue weighted by Crippen LogP contribution is 2.26. The minimum Gasteiger partial charge on any atom is -0.508 e. The standard InChI is InChI=1S/C17H28N2O2/c1-11(2)14(7-8-18)5-6-17(21)19-15-9-13(4)16(20)10-12(15)3/h9-11,14,20H,5-8,18H2,1-4H3,(H,19,21). The van der Waals surface area contributed by atoms with Crippen LogP contribution in [0.25, 0.3) is 0 Å². The lowest BCUT2D eigenvalue weighted by atomic mass is 9.88. The molecule has 1 aromatic carbocycles. The molecule has 1 amide bonds. The maximum Gasteiger partial charge on any atom is 0.224 e. The van der Waals surface area contributed by atoms with Crippen LogP contribution in [-0.4, -0.2) is 17.6 Å². The Bertz CT molecular complexity index is 484. The van der Waals surface area contributed by atoms with Crippen LogP contribution in [0.1, 0.15) is 44.2 Å². The van der Waals surface area contributed by atoms with E-state index in [-0.39, 0.29) is 11.7 Å². The molecular formula is C17H28N2O2. The number of rotatable bonds is 7. The first kappa shape index (κ1) is 17.5. The van der Waals surface area contributed by atoms with Gasteiger partial charge >= 0.3 is 0 Å². The summed E-state index contributed by atoms with van der Waals surface area (Å²) in [6.45, 7) is 8.71. The van der Waals surface area contributed by atoms with Crippen LogP contribution in [-0.2, 0) is 4.79 Å². The van der Waals surface area contributed by atoms with Crippen LogP contribution in [0.2, 0.25) is 0 Å². The molecule has 0 aliphatic rings. The molecule has 0 radical (unpaired) electrons. The van der Waals surface area contributed by atoms with E-state index in [1.807, 2.05) is 19.9 Å². The maximum absolute atomic E-state index is 12.1. The Balaban J connectivity index is 2.60. The molecule has 0 saturated heterocycles. The fourth-order valence-electron chi connectivity index (χ4n) is 2.49. The lowest BCUT2D eigenvalue weighted by Gasteiger charge is -2.20. The first-order chi connectivity index (χ1) is 9.85. The molecule has 4 N–H and O–H groups in total. The summed E-state index contributed by atoms with van der Waals surface area (Å²) >= 11 is 0. The highest BCUT2D eigenvalue weighted by molar-refractivity contribution is 5.91. The van der Waals surface area contributed by atoms with E-state index < -0.39 is 0 Å². The van der Waals surface area contributed by atoms with Crippen LogP contribution in [0.3, 0.4) is 0 Å². The third-order valence-electron chi connectivity index (χ3n) is 4.04. The molecule has 0 heterocycles. The molecule has 118 valence electrons. The van der Waals surface area contributed by atoms with Crippen LogP contribution < -0.4 is 11.1 Å². The first-order valence-electron chi connectivity index (χ1n) is 7.65. The van der Waals surface area contributed by atoms with Crippen molar-refractivity contribution in [1.29, 1.82) is 0 Å². The third kappa shape index (κ3) is 5.38. The van der Waals surface area contributed by atoms with Gasteiger partial charge in [-0.15, -0.1) is 0 Å². The molecular weight excluding hydrogens is 264 g/mol. The second-order valence-electron chi connectivity index (χ2n) is 6.12.